The molecule has 1 heterocycles. The van der Waals surface area contributed by atoms with Gasteiger partial charge in [-0.3, -0.25) is 14.5 Å². The topological polar surface area (TPSA) is 117 Å². The summed E-state index contributed by atoms with van der Waals surface area (Å²) in [6.45, 7) is -0.140. The van der Waals surface area contributed by atoms with Gasteiger partial charge in [-0.2, -0.15) is 4.57 Å². The van der Waals surface area contributed by atoms with E-state index in [1.54, 1.807) is 72.5 Å². The molecule has 0 saturated heterocycles. The molecular weight excluding hydrogens is 510 g/mol. The van der Waals surface area contributed by atoms with E-state index in [4.69, 9.17) is 21.4 Å². The molecule has 2 N–H and O–H groups in total. The predicted molar refractivity (Wildman–Crippen MR) is 139 cm³/mol. The minimum absolute atomic E-state index is 0.0618. The largest absolute Gasteiger partial charge is 0.478 e. The average molecular weight is 537 g/mol. The number of Topliss-reactive ketones (excluding diaryl/α,β-unsaturated/α-hetero) is 1. The lowest BCUT2D eigenvalue weighted by Gasteiger charge is -2.43. The SMILES string of the molecule is CN(C(=O)OC[n+]1ccc(C(=O)Nc2cccc(C(=O)O)c2)cc1)C1(c2ccccc2Cl)CCCCC1=O. The Kier molecular flexibility index (Phi) is 8.07. The van der Waals surface area contributed by atoms with Crippen LogP contribution in [0.1, 0.15) is 52.0 Å². The number of pyridine rings is 1. The van der Waals surface area contributed by atoms with Crippen LogP contribution in [0.25, 0.3) is 0 Å². The fraction of sp³-hybridized carbons (Fsp3) is 0.250. The number of benzene rings is 2. The highest BCUT2D eigenvalue weighted by Crippen LogP contribution is 2.42. The van der Waals surface area contributed by atoms with E-state index >= 15 is 0 Å². The number of aromatic carboxylic acids is 1. The number of carbonyl (C=O) groups is 4. The van der Waals surface area contributed by atoms with E-state index in [1.807, 2.05) is 0 Å². The highest BCUT2D eigenvalue weighted by molar-refractivity contribution is 6.31. The van der Waals surface area contributed by atoms with Crippen molar-refractivity contribution in [3.63, 3.8) is 0 Å². The molecule has 38 heavy (non-hydrogen) atoms. The van der Waals surface area contributed by atoms with Crippen molar-refractivity contribution in [1.29, 1.82) is 0 Å². The van der Waals surface area contributed by atoms with Crippen molar-refractivity contribution in [2.75, 3.05) is 12.4 Å². The molecule has 3 aromatic rings. The highest BCUT2D eigenvalue weighted by atomic mass is 35.5. The maximum Gasteiger partial charge on any atom is 0.415 e. The number of likely N-dealkylation sites (N-methyl/N-ethyl adjacent to an activating group) is 1. The Morgan fingerprint density at radius 3 is 2.47 bits per heavy atom. The average Bonchev–Trinajstić information content (AvgIpc) is 2.92. The fourth-order valence-electron chi connectivity index (χ4n) is 4.64. The third kappa shape index (κ3) is 5.52. The molecule has 0 spiro atoms. The summed E-state index contributed by atoms with van der Waals surface area (Å²) in [5, 5.41) is 12.2. The van der Waals surface area contributed by atoms with E-state index in [9.17, 15) is 19.2 Å². The molecule has 2 amide bonds. The summed E-state index contributed by atoms with van der Waals surface area (Å²) in [5.74, 6) is -1.59. The number of halogens is 1. The quantitative estimate of drug-likeness (QED) is 0.425. The predicted octanol–water partition coefficient (Wildman–Crippen LogP) is 4.64. The zero-order chi connectivity index (χ0) is 27.3. The van der Waals surface area contributed by atoms with Gasteiger partial charge < -0.3 is 15.2 Å². The van der Waals surface area contributed by atoms with Gasteiger partial charge >= 0.3 is 12.1 Å². The van der Waals surface area contributed by atoms with Crippen LogP contribution in [-0.2, 0) is 21.8 Å². The normalized spacial score (nSPS) is 16.9. The van der Waals surface area contributed by atoms with Crippen molar-refractivity contribution in [2.24, 2.45) is 0 Å². The number of hydrogen-bond donors (Lipinski definition) is 2. The van der Waals surface area contributed by atoms with Gasteiger partial charge in [0.1, 0.15) is 5.54 Å². The number of carboxylic acid groups (broad SMARTS) is 1. The van der Waals surface area contributed by atoms with Gasteiger partial charge in [0.2, 0.25) is 0 Å². The van der Waals surface area contributed by atoms with Crippen LogP contribution >= 0.6 is 11.6 Å². The lowest BCUT2D eigenvalue weighted by molar-refractivity contribution is -0.727. The second-order valence-corrected chi connectivity index (χ2v) is 9.42. The minimum Gasteiger partial charge on any atom is -0.478 e. The van der Waals surface area contributed by atoms with Crippen molar-refractivity contribution >= 4 is 41.0 Å². The molecule has 2 aromatic carbocycles. The summed E-state index contributed by atoms with van der Waals surface area (Å²) in [6.07, 6.45) is 4.81. The Bertz CT molecular complexity index is 1380. The molecule has 1 aliphatic carbocycles. The van der Waals surface area contributed by atoms with Crippen molar-refractivity contribution in [3.8, 4) is 0 Å². The lowest BCUT2D eigenvalue weighted by Crippen LogP contribution is -2.55. The van der Waals surface area contributed by atoms with Crippen molar-refractivity contribution in [1.82, 2.24) is 4.90 Å². The van der Waals surface area contributed by atoms with E-state index in [0.29, 0.717) is 34.7 Å². The molecule has 1 atom stereocenters. The van der Waals surface area contributed by atoms with Crippen LogP contribution in [0, 0.1) is 0 Å². The first-order chi connectivity index (χ1) is 18.2. The molecule has 10 heteroatoms. The Labute approximate surface area is 224 Å². The van der Waals surface area contributed by atoms with E-state index < -0.39 is 23.5 Å². The van der Waals surface area contributed by atoms with Gasteiger partial charge in [0, 0.05) is 41.9 Å². The number of ketones is 1. The number of hydrogen-bond acceptors (Lipinski definition) is 5. The van der Waals surface area contributed by atoms with Gasteiger partial charge in [-0.1, -0.05) is 35.9 Å². The monoisotopic (exact) mass is 536 g/mol. The third-order valence-electron chi connectivity index (χ3n) is 6.68. The Morgan fingerprint density at radius 2 is 1.79 bits per heavy atom. The summed E-state index contributed by atoms with van der Waals surface area (Å²) in [7, 11) is 1.55. The molecule has 1 aromatic heterocycles. The molecule has 4 rings (SSSR count). The number of aromatic nitrogens is 1. The van der Waals surface area contributed by atoms with Crippen LogP contribution in [0.5, 0.6) is 0 Å². The number of rotatable bonds is 7. The minimum atomic E-state index is -1.20. The number of anilines is 1. The highest BCUT2D eigenvalue weighted by Gasteiger charge is 2.48. The Balaban J connectivity index is 1.42. The van der Waals surface area contributed by atoms with Crippen molar-refractivity contribution in [2.45, 2.75) is 38.0 Å². The van der Waals surface area contributed by atoms with Crippen LogP contribution in [-0.4, -0.2) is 40.8 Å². The number of nitrogens with zero attached hydrogens (tertiary/aromatic N) is 2. The second-order valence-electron chi connectivity index (χ2n) is 9.01. The fourth-order valence-corrected chi connectivity index (χ4v) is 4.93. The van der Waals surface area contributed by atoms with Gasteiger partial charge in [-0.05, 0) is 43.5 Å². The zero-order valence-corrected chi connectivity index (χ0v) is 21.5. The van der Waals surface area contributed by atoms with Gasteiger partial charge in [0.15, 0.2) is 18.2 Å². The molecule has 1 fully saturated rings. The first kappa shape index (κ1) is 26.8. The number of nitrogens with one attached hydrogen (secondary N) is 1. The van der Waals surface area contributed by atoms with Crippen LogP contribution in [0.4, 0.5) is 10.5 Å². The summed E-state index contributed by atoms with van der Waals surface area (Å²) >= 11 is 6.45. The second kappa shape index (κ2) is 11.4. The van der Waals surface area contributed by atoms with Crippen LogP contribution in [0.3, 0.4) is 0 Å². The first-order valence-electron chi connectivity index (χ1n) is 12.0. The molecule has 1 aliphatic rings. The summed E-state index contributed by atoms with van der Waals surface area (Å²) in [6, 6.07) is 16.1. The number of ether oxygens (including phenoxy) is 1. The first-order valence-corrected chi connectivity index (χ1v) is 12.4. The maximum absolute atomic E-state index is 13.2. The Hall–Kier alpha value is -4.24. The van der Waals surface area contributed by atoms with E-state index in [1.165, 1.54) is 17.0 Å². The van der Waals surface area contributed by atoms with E-state index in [0.717, 1.165) is 12.8 Å². The smallest absolute Gasteiger partial charge is 0.415 e. The molecule has 0 radical (unpaired) electrons. The molecule has 1 saturated carbocycles. The molecule has 9 nitrogen and oxygen atoms in total. The number of amides is 2. The number of carboxylic acids is 1. The summed E-state index contributed by atoms with van der Waals surface area (Å²) in [4.78, 5) is 51.3. The standard InChI is InChI=1S/C28H26ClN3O6/c1-31(28(14-5-4-11-24(28)33)22-9-2-3-10-23(22)29)27(37)38-18-32-15-12-19(13-16-32)25(34)30-21-8-6-7-20(17-21)26(35)36/h2-3,6-10,12-13,15-17H,4-5,11,14,18H2,1H3,(H-,30,34,35,36)/p+1. The number of carbonyl (C=O) groups excluding carboxylic acids is 3. The summed E-state index contributed by atoms with van der Waals surface area (Å²) in [5.41, 5.74) is 0.136. The molecule has 196 valence electrons. The van der Waals surface area contributed by atoms with Gasteiger partial charge in [0.25, 0.3) is 12.6 Å². The van der Waals surface area contributed by atoms with Gasteiger partial charge in [-0.15, -0.1) is 0 Å². The van der Waals surface area contributed by atoms with Crippen molar-refractivity contribution < 1.29 is 33.6 Å². The van der Waals surface area contributed by atoms with E-state index in [2.05, 4.69) is 5.32 Å². The zero-order valence-electron chi connectivity index (χ0n) is 20.7. The third-order valence-corrected chi connectivity index (χ3v) is 7.01. The maximum atomic E-state index is 13.2. The lowest BCUT2D eigenvalue weighted by atomic mass is 9.74. The van der Waals surface area contributed by atoms with Crippen LogP contribution < -0.4 is 9.88 Å². The molecular formula is C28H27ClN3O6+. The molecule has 0 aliphatic heterocycles. The van der Waals surface area contributed by atoms with Gasteiger partial charge in [-0.25, -0.2) is 9.59 Å². The van der Waals surface area contributed by atoms with Crippen LogP contribution in [0.15, 0.2) is 73.1 Å². The summed E-state index contributed by atoms with van der Waals surface area (Å²) < 4.78 is 7.08. The van der Waals surface area contributed by atoms with Crippen LogP contribution in [0.2, 0.25) is 5.02 Å². The Morgan fingerprint density at radius 1 is 1.05 bits per heavy atom. The van der Waals surface area contributed by atoms with Gasteiger partial charge in [0.05, 0.1) is 11.1 Å². The van der Waals surface area contributed by atoms with Crippen molar-refractivity contribution in [3.05, 3.63) is 94.8 Å². The van der Waals surface area contributed by atoms with E-state index in [-0.39, 0.29) is 18.1 Å². The molecule has 0 bridgehead atoms. The molecule has 1 unspecified atom stereocenters.